The molecule has 0 bridgehead atoms. The number of hydrogen-bond donors (Lipinski definition) is 2. The molecule has 0 spiro atoms. The Kier molecular flexibility index (Phi) is 4.09. The predicted molar refractivity (Wildman–Crippen MR) is 84.0 cm³/mol. The zero-order valence-corrected chi connectivity index (χ0v) is 12.3. The lowest BCUT2D eigenvalue weighted by Gasteiger charge is -2.18. The number of hydrogen-bond acceptors (Lipinski definition) is 1. The third kappa shape index (κ3) is 3.27. The Morgan fingerprint density at radius 2 is 1.73 bits per heavy atom. The molecule has 0 saturated heterocycles. The molecule has 1 aliphatic rings. The van der Waals surface area contributed by atoms with Crippen molar-refractivity contribution in [2.45, 2.75) is 24.8 Å². The largest absolute Gasteiger partial charge is 0.338 e. The second-order valence-corrected chi connectivity index (χ2v) is 5.67. The Bertz CT molecular complexity index is 653. The van der Waals surface area contributed by atoms with Crippen molar-refractivity contribution >= 4 is 6.03 Å². The van der Waals surface area contributed by atoms with Gasteiger partial charge in [-0.15, -0.1) is 0 Å². The van der Waals surface area contributed by atoms with E-state index in [2.05, 4.69) is 10.6 Å². The van der Waals surface area contributed by atoms with Crippen LogP contribution in [0.4, 0.5) is 9.18 Å². The second kappa shape index (κ2) is 6.18. The molecule has 0 unspecified atom stereocenters. The van der Waals surface area contributed by atoms with Crippen LogP contribution in [0.2, 0.25) is 0 Å². The van der Waals surface area contributed by atoms with Crippen LogP contribution in [-0.2, 0) is 12.0 Å². The van der Waals surface area contributed by atoms with E-state index in [9.17, 15) is 9.18 Å². The van der Waals surface area contributed by atoms with Gasteiger partial charge in [0, 0.05) is 6.54 Å². The van der Waals surface area contributed by atoms with Gasteiger partial charge < -0.3 is 10.6 Å². The number of rotatable bonds is 5. The predicted octanol–water partition coefficient (Wildman–Crippen LogP) is 3.36. The van der Waals surface area contributed by atoms with Crippen molar-refractivity contribution in [1.29, 1.82) is 0 Å². The van der Waals surface area contributed by atoms with Gasteiger partial charge in [-0.2, -0.15) is 0 Å². The summed E-state index contributed by atoms with van der Waals surface area (Å²) in [6.07, 6.45) is 2.40. The number of urea groups is 1. The summed E-state index contributed by atoms with van der Waals surface area (Å²) < 4.78 is 13.5. The van der Waals surface area contributed by atoms with Crippen LogP contribution in [0, 0.1) is 5.82 Å². The molecule has 2 N–H and O–H groups in total. The smallest absolute Gasteiger partial charge is 0.315 e. The zero-order chi connectivity index (χ0) is 15.4. The van der Waals surface area contributed by atoms with E-state index in [0.29, 0.717) is 18.5 Å². The van der Waals surface area contributed by atoms with Crippen LogP contribution in [-0.4, -0.2) is 12.6 Å². The van der Waals surface area contributed by atoms with Crippen molar-refractivity contribution in [1.82, 2.24) is 10.6 Å². The van der Waals surface area contributed by atoms with Gasteiger partial charge in [0.05, 0.1) is 5.54 Å². The summed E-state index contributed by atoms with van der Waals surface area (Å²) in [5.74, 6) is -0.229. The number of carbonyl (C=O) groups excluding carboxylic acids is 1. The molecule has 3 rings (SSSR count). The molecule has 0 aromatic heterocycles. The van der Waals surface area contributed by atoms with Gasteiger partial charge in [-0.1, -0.05) is 48.5 Å². The Labute approximate surface area is 129 Å². The highest BCUT2D eigenvalue weighted by Crippen LogP contribution is 2.45. The van der Waals surface area contributed by atoms with Crippen LogP contribution in [0.1, 0.15) is 24.0 Å². The molecular weight excluding hydrogens is 279 g/mol. The van der Waals surface area contributed by atoms with Crippen molar-refractivity contribution in [3.05, 3.63) is 71.5 Å². The van der Waals surface area contributed by atoms with E-state index in [1.807, 2.05) is 30.3 Å². The van der Waals surface area contributed by atoms with E-state index in [4.69, 9.17) is 0 Å². The normalized spacial score (nSPS) is 15.1. The van der Waals surface area contributed by atoms with Gasteiger partial charge in [0.15, 0.2) is 0 Å². The molecule has 1 fully saturated rings. The Morgan fingerprint density at radius 3 is 2.41 bits per heavy atom. The fourth-order valence-corrected chi connectivity index (χ4v) is 2.64. The third-order valence-corrected chi connectivity index (χ3v) is 4.07. The van der Waals surface area contributed by atoms with Gasteiger partial charge in [-0.25, -0.2) is 9.18 Å². The van der Waals surface area contributed by atoms with Crippen LogP contribution >= 0.6 is 0 Å². The first kappa shape index (κ1) is 14.6. The summed E-state index contributed by atoms with van der Waals surface area (Å²) >= 11 is 0. The van der Waals surface area contributed by atoms with Gasteiger partial charge in [-0.3, -0.25) is 0 Å². The molecule has 0 aliphatic heterocycles. The summed E-state index contributed by atoms with van der Waals surface area (Å²) in [6, 6.07) is 16.4. The highest BCUT2D eigenvalue weighted by atomic mass is 19.1. The van der Waals surface area contributed by atoms with Crippen LogP contribution in [0.25, 0.3) is 0 Å². The van der Waals surface area contributed by atoms with Gasteiger partial charge in [0.2, 0.25) is 0 Å². The second-order valence-electron chi connectivity index (χ2n) is 5.67. The molecule has 1 aliphatic carbocycles. The monoisotopic (exact) mass is 298 g/mol. The van der Waals surface area contributed by atoms with Crippen LogP contribution < -0.4 is 10.6 Å². The van der Waals surface area contributed by atoms with E-state index < -0.39 is 0 Å². The van der Waals surface area contributed by atoms with Gasteiger partial charge in [0.1, 0.15) is 5.82 Å². The molecule has 2 aromatic rings. The van der Waals surface area contributed by atoms with Gasteiger partial charge in [0.25, 0.3) is 0 Å². The highest BCUT2D eigenvalue weighted by molar-refractivity contribution is 5.75. The Balaban J connectivity index is 1.50. The molecule has 4 heteroatoms. The number of nitrogens with one attached hydrogen (secondary N) is 2. The number of carbonyl (C=O) groups is 1. The van der Waals surface area contributed by atoms with Gasteiger partial charge >= 0.3 is 6.03 Å². The lowest BCUT2D eigenvalue weighted by molar-refractivity contribution is 0.236. The van der Waals surface area contributed by atoms with Crippen LogP contribution in [0.3, 0.4) is 0 Å². The number of benzene rings is 2. The average molecular weight is 298 g/mol. The van der Waals surface area contributed by atoms with Gasteiger partial charge in [-0.05, 0) is 36.5 Å². The quantitative estimate of drug-likeness (QED) is 0.873. The summed E-state index contributed by atoms with van der Waals surface area (Å²) in [5.41, 5.74) is 1.54. The minimum Gasteiger partial charge on any atom is -0.338 e. The SMILES string of the molecule is O=C(NCCc1ccccc1F)NC1(c2ccccc2)CC1. The molecule has 22 heavy (non-hydrogen) atoms. The summed E-state index contributed by atoms with van der Waals surface area (Å²) in [4.78, 5) is 12.0. The molecule has 3 nitrogen and oxygen atoms in total. The molecular formula is C18H19FN2O. The summed E-state index contributed by atoms with van der Waals surface area (Å²) in [7, 11) is 0. The maximum absolute atomic E-state index is 13.5. The Morgan fingerprint density at radius 1 is 1.05 bits per heavy atom. The minimum absolute atomic E-state index is 0.197. The van der Waals surface area contributed by atoms with Crippen LogP contribution in [0.15, 0.2) is 54.6 Å². The topological polar surface area (TPSA) is 41.1 Å². The number of amides is 2. The standard InChI is InChI=1S/C18H19FN2O/c19-16-9-5-4-6-14(16)10-13-20-17(22)21-18(11-12-18)15-7-2-1-3-8-15/h1-9H,10-13H2,(H2,20,21,22). The van der Waals surface area contributed by atoms with E-state index in [-0.39, 0.29) is 17.4 Å². The van der Waals surface area contributed by atoms with E-state index in [1.54, 1.807) is 18.2 Å². The molecule has 0 radical (unpaired) electrons. The zero-order valence-electron chi connectivity index (χ0n) is 12.3. The molecule has 2 amide bonds. The summed E-state index contributed by atoms with van der Waals surface area (Å²) in [5, 5.41) is 5.85. The summed E-state index contributed by atoms with van der Waals surface area (Å²) in [6.45, 7) is 0.414. The third-order valence-electron chi connectivity index (χ3n) is 4.07. The van der Waals surface area contributed by atoms with E-state index in [0.717, 1.165) is 18.4 Å². The molecule has 0 atom stereocenters. The first-order chi connectivity index (χ1) is 10.7. The van der Waals surface area contributed by atoms with Crippen molar-refractivity contribution in [3.8, 4) is 0 Å². The van der Waals surface area contributed by atoms with Crippen molar-refractivity contribution in [2.24, 2.45) is 0 Å². The molecule has 114 valence electrons. The Hall–Kier alpha value is -2.36. The first-order valence-electron chi connectivity index (χ1n) is 7.55. The molecule has 0 heterocycles. The number of halogens is 1. The minimum atomic E-state index is -0.229. The van der Waals surface area contributed by atoms with E-state index in [1.165, 1.54) is 6.07 Å². The molecule has 1 saturated carbocycles. The van der Waals surface area contributed by atoms with E-state index >= 15 is 0 Å². The lowest BCUT2D eigenvalue weighted by Crippen LogP contribution is -2.42. The van der Waals surface area contributed by atoms with Crippen molar-refractivity contribution in [2.75, 3.05) is 6.54 Å². The molecule has 2 aromatic carbocycles. The van der Waals surface area contributed by atoms with Crippen LogP contribution in [0.5, 0.6) is 0 Å². The first-order valence-corrected chi connectivity index (χ1v) is 7.55. The average Bonchev–Trinajstić information content (AvgIpc) is 3.31. The van der Waals surface area contributed by atoms with Crippen molar-refractivity contribution in [3.63, 3.8) is 0 Å². The maximum atomic E-state index is 13.5. The maximum Gasteiger partial charge on any atom is 0.315 e. The fraction of sp³-hybridized carbons (Fsp3) is 0.278. The van der Waals surface area contributed by atoms with Crippen molar-refractivity contribution < 1.29 is 9.18 Å². The highest BCUT2D eigenvalue weighted by Gasteiger charge is 2.45. The fourth-order valence-electron chi connectivity index (χ4n) is 2.64. The lowest BCUT2D eigenvalue weighted by atomic mass is 10.1.